The summed E-state index contributed by atoms with van der Waals surface area (Å²) in [5.41, 5.74) is 8.98. The first kappa shape index (κ1) is 28.2. The Hall–Kier alpha value is -3.82. The normalized spacial score (nSPS) is 17.1. The Bertz CT molecular complexity index is 1220. The summed E-state index contributed by atoms with van der Waals surface area (Å²) in [5, 5.41) is 9.50. The van der Waals surface area contributed by atoms with Gasteiger partial charge in [0.2, 0.25) is 0 Å². The second kappa shape index (κ2) is 13.8. The molecule has 0 saturated carbocycles. The van der Waals surface area contributed by atoms with Crippen molar-refractivity contribution < 1.29 is 33.2 Å². The monoisotopic (exact) mass is 538 g/mol. The molecule has 0 aliphatic carbocycles. The van der Waals surface area contributed by atoms with Crippen LogP contribution in [0.4, 0.5) is 14.9 Å². The Morgan fingerprint density at radius 2 is 1.85 bits per heavy atom. The fraction of sp³-hybridized carbons (Fsp3) is 0.367. The van der Waals surface area contributed by atoms with Gasteiger partial charge in [-0.15, -0.1) is 0 Å². The van der Waals surface area contributed by atoms with Gasteiger partial charge in [0.1, 0.15) is 17.3 Å². The summed E-state index contributed by atoms with van der Waals surface area (Å²) in [6, 6.07) is 19.7. The number of likely N-dealkylation sites (tertiary alicyclic amines) is 1. The number of ether oxygens (including phenoxy) is 4. The number of amides is 1. The second-order valence-corrected chi connectivity index (χ2v) is 9.45. The van der Waals surface area contributed by atoms with Crippen LogP contribution in [0.2, 0.25) is 0 Å². The van der Waals surface area contributed by atoms with Gasteiger partial charge in [-0.05, 0) is 48.4 Å². The van der Waals surface area contributed by atoms with Crippen molar-refractivity contribution in [2.24, 2.45) is 0 Å². The maximum atomic E-state index is 13.7. The Kier molecular flexibility index (Phi) is 9.99. The topological polar surface area (TPSA) is 103 Å². The number of halogens is 1. The van der Waals surface area contributed by atoms with Crippen molar-refractivity contribution in [3.05, 3.63) is 89.2 Å². The van der Waals surface area contributed by atoms with Crippen LogP contribution in [-0.4, -0.2) is 55.6 Å². The first-order chi connectivity index (χ1) is 18.9. The molecule has 1 heterocycles. The third kappa shape index (κ3) is 7.84. The lowest BCUT2D eigenvalue weighted by Crippen LogP contribution is -2.46. The molecule has 1 fully saturated rings. The summed E-state index contributed by atoms with van der Waals surface area (Å²) >= 11 is 0. The molecule has 8 nitrogen and oxygen atoms in total. The number of piperidine rings is 1. The van der Waals surface area contributed by atoms with E-state index in [9.17, 15) is 14.3 Å². The average molecular weight is 539 g/mol. The van der Waals surface area contributed by atoms with Gasteiger partial charge < -0.3 is 34.7 Å². The zero-order chi connectivity index (χ0) is 27.6. The molecule has 0 bridgehead atoms. The van der Waals surface area contributed by atoms with Crippen LogP contribution in [0.5, 0.6) is 11.5 Å². The van der Waals surface area contributed by atoms with Crippen LogP contribution < -0.4 is 15.2 Å². The zero-order valence-electron chi connectivity index (χ0n) is 22.1. The highest BCUT2D eigenvalue weighted by Crippen LogP contribution is 2.32. The van der Waals surface area contributed by atoms with Crippen molar-refractivity contribution in [3.8, 4) is 11.5 Å². The molecule has 0 spiro atoms. The summed E-state index contributed by atoms with van der Waals surface area (Å²) in [5.74, 6) is 1.14. The first-order valence-corrected chi connectivity index (χ1v) is 13.0. The van der Waals surface area contributed by atoms with Crippen LogP contribution in [0.1, 0.15) is 35.4 Å². The zero-order valence-corrected chi connectivity index (χ0v) is 22.1. The number of nitrogens with zero attached hydrogens (tertiary/aromatic N) is 1. The van der Waals surface area contributed by atoms with E-state index in [1.165, 1.54) is 23.1 Å². The molecule has 0 radical (unpaired) electrons. The summed E-state index contributed by atoms with van der Waals surface area (Å²) in [4.78, 5) is 12.9. The van der Waals surface area contributed by atoms with Gasteiger partial charge in [-0.25, -0.2) is 9.18 Å². The van der Waals surface area contributed by atoms with Crippen molar-refractivity contribution >= 4 is 11.8 Å². The van der Waals surface area contributed by atoms with E-state index in [0.29, 0.717) is 44.0 Å². The molecular formula is C30H35FN2O6. The molecule has 208 valence electrons. The average Bonchev–Trinajstić information content (AvgIpc) is 2.95. The third-order valence-corrected chi connectivity index (χ3v) is 6.85. The quantitative estimate of drug-likeness (QED) is 0.233. The van der Waals surface area contributed by atoms with E-state index >= 15 is 0 Å². The lowest BCUT2D eigenvalue weighted by Gasteiger charge is -2.37. The van der Waals surface area contributed by atoms with Crippen LogP contribution in [0.15, 0.2) is 66.7 Å². The molecule has 3 N–H and O–H groups in total. The van der Waals surface area contributed by atoms with Gasteiger partial charge in [-0.3, -0.25) is 0 Å². The van der Waals surface area contributed by atoms with E-state index in [1.807, 2.05) is 48.5 Å². The Morgan fingerprint density at radius 1 is 1.05 bits per heavy atom. The fourth-order valence-electron chi connectivity index (χ4n) is 4.70. The number of hydrogen-bond acceptors (Lipinski definition) is 6. The van der Waals surface area contributed by atoms with Crippen LogP contribution in [0.25, 0.3) is 0 Å². The standard InChI is InChI=1S/C30H35FN2O6/c1-36-28-6-3-2-5-22(28)19-37-15-4-16-38-25-10-7-21(8-11-25)26-13-14-33(30(34)35)18-29(26)39-20-23-17-24(31)9-12-27(23)32/h2-3,5-12,17,26,29H,4,13-16,18-20,32H2,1H3,(H,34,35). The summed E-state index contributed by atoms with van der Waals surface area (Å²) in [7, 11) is 1.65. The smallest absolute Gasteiger partial charge is 0.407 e. The van der Waals surface area contributed by atoms with E-state index in [1.54, 1.807) is 7.11 Å². The van der Waals surface area contributed by atoms with Crippen LogP contribution in [-0.2, 0) is 22.7 Å². The third-order valence-electron chi connectivity index (χ3n) is 6.85. The number of anilines is 1. The van der Waals surface area contributed by atoms with Crippen LogP contribution in [0.3, 0.4) is 0 Å². The molecule has 9 heteroatoms. The van der Waals surface area contributed by atoms with Crippen molar-refractivity contribution in [2.75, 3.05) is 39.1 Å². The number of carbonyl (C=O) groups is 1. The highest BCUT2D eigenvalue weighted by Gasteiger charge is 2.33. The van der Waals surface area contributed by atoms with E-state index in [2.05, 4.69) is 0 Å². The molecule has 39 heavy (non-hydrogen) atoms. The van der Waals surface area contributed by atoms with Gasteiger partial charge >= 0.3 is 6.09 Å². The van der Waals surface area contributed by atoms with E-state index in [-0.39, 0.29) is 19.1 Å². The Balaban J connectivity index is 1.28. The van der Waals surface area contributed by atoms with Gasteiger partial charge in [0.25, 0.3) is 0 Å². The minimum Gasteiger partial charge on any atom is -0.496 e. The molecule has 1 aliphatic rings. The molecule has 4 rings (SSSR count). The Morgan fingerprint density at radius 3 is 2.62 bits per heavy atom. The van der Waals surface area contributed by atoms with Gasteiger partial charge in [0.05, 0.1) is 46.2 Å². The number of carboxylic acid groups (broad SMARTS) is 1. The van der Waals surface area contributed by atoms with Gasteiger partial charge in [0, 0.05) is 35.7 Å². The SMILES string of the molecule is COc1ccccc1COCCCOc1ccc(C2CCN(C(=O)O)CC2OCc2cc(F)ccc2N)cc1. The summed E-state index contributed by atoms with van der Waals surface area (Å²) < 4.78 is 36.8. The molecule has 1 amide bonds. The molecule has 2 atom stereocenters. The minimum absolute atomic E-state index is 0.0205. The highest BCUT2D eigenvalue weighted by atomic mass is 19.1. The highest BCUT2D eigenvalue weighted by molar-refractivity contribution is 5.65. The van der Waals surface area contributed by atoms with Crippen molar-refractivity contribution in [3.63, 3.8) is 0 Å². The molecule has 3 aromatic rings. The van der Waals surface area contributed by atoms with Gasteiger partial charge in [0.15, 0.2) is 0 Å². The lowest BCUT2D eigenvalue weighted by atomic mass is 9.87. The number of methoxy groups -OCH3 is 1. The number of nitrogens with two attached hydrogens (primary N) is 1. The van der Waals surface area contributed by atoms with E-state index < -0.39 is 18.0 Å². The van der Waals surface area contributed by atoms with E-state index in [0.717, 1.165) is 29.0 Å². The lowest BCUT2D eigenvalue weighted by molar-refractivity contribution is -0.0198. The number of nitrogen functional groups attached to an aromatic ring is 1. The van der Waals surface area contributed by atoms with Crippen LogP contribution in [0, 0.1) is 5.82 Å². The number of para-hydroxylation sites is 1. The van der Waals surface area contributed by atoms with Gasteiger partial charge in [-0.1, -0.05) is 30.3 Å². The first-order valence-electron chi connectivity index (χ1n) is 13.0. The number of hydrogen-bond donors (Lipinski definition) is 2. The predicted octanol–water partition coefficient (Wildman–Crippen LogP) is 5.45. The van der Waals surface area contributed by atoms with Crippen molar-refractivity contribution in [2.45, 2.75) is 38.1 Å². The fourth-order valence-corrected chi connectivity index (χ4v) is 4.70. The summed E-state index contributed by atoms with van der Waals surface area (Å²) in [6.07, 6.45) is -0.0316. The molecule has 0 aromatic heterocycles. The number of benzene rings is 3. The van der Waals surface area contributed by atoms with Crippen LogP contribution >= 0.6 is 0 Å². The Labute approximate surface area is 228 Å². The predicted molar refractivity (Wildman–Crippen MR) is 146 cm³/mol. The molecular weight excluding hydrogens is 503 g/mol. The van der Waals surface area contributed by atoms with Crippen molar-refractivity contribution in [1.82, 2.24) is 4.90 Å². The van der Waals surface area contributed by atoms with Crippen molar-refractivity contribution in [1.29, 1.82) is 0 Å². The minimum atomic E-state index is -0.983. The maximum absolute atomic E-state index is 13.7. The summed E-state index contributed by atoms with van der Waals surface area (Å²) in [6.45, 7) is 2.29. The molecule has 2 unspecified atom stereocenters. The molecule has 3 aromatic carbocycles. The maximum Gasteiger partial charge on any atom is 0.407 e. The van der Waals surface area contributed by atoms with Gasteiger partial charge in [-0.2, -0.15) is 0 Å². The number of rotatable bonds is 12. The molecule has 1 saturated heterocycles. The molecule has 1 aliphatic heterocycles. The second-order valence-electron chi connectivity index (χ2n) is 9.45. The largest absolute Gasteiger partial charge is 0.496 e. The van der Waals surface area contributed by atoms with E-state index in [4.69, 9.17) is 24.7 Å².